The molecule has 19 heavy (non-hydrogen) atoms. The molecule has 0 atom stereocenters. The van der Waals surface area contributed by atoms with Crippen molar-refractivity contribution < 1.29 is 4.39 Å². The van der Waals surface area contributed by atoms with Gasteiger partial charge in [-0.3, -0.25) is 0 Å². The van der Waals surface area contributed by atoms with Crippen LogP contribution in [0, 0.1) is 5.82 Å². The summed E-state index contributed by atoms with van der Waals surface area (Å²) >= 11 is 5.77. The molecule has 2 fully saturated rings. The van der Waals surface area contributed by atoms with Crippen molar-refractivity contribution in [2.24, 2.45) is 0 Å². The van der Waals surface area contributed by atoms with Crippen LogP contribution in [0.5, 0.6) is 0 Å². The maximum atomic E-state index is 13.6. The second-order valence-corrected chi connectivity index (χ2v) is 6.19. The smallest absolute Gasteiger partial charge is 0.143 e. The Balaban J connectivity index is 1.84. The third-order valence-corrected chi connectivity index (χ3v) is 4.73. The second-order valence-electron chi connectivity index (χ2n) is 5.79. The van der Waals surface area contributed by atoms with E-state index in [4.69, 9.17) is 11.6 Å². The molecule has 0 amide bonds. The van der Waals surface area contributed by atoms with Crippen molar-refractivity contribution in [3.8, 4) is 0 Å². The Morgan fingerprint density at radius 3 is 2.74 bits per heavy atom. The quantitative estimate of drug-likeness (QED) is 0.847. The van der Waals surface area contributed by atoms with Gasteiger partial charge < -0.3 is 10.2 Å². The summed E-state index contributed by atoms with van der Waals surface area (Å²) in [7, 11) is 0. The highest BCUT2D eigenvalue weighted by Crippen LogP contribution is 2.33. The third kappa shape index (κ3) is 2.72. The van der Waals surface area contributed by atoms with E-state index in [1.54, 1.807) is 12.1 Å². The van der Waals surface area contributed by atoms with E-state index in [9.17, 15) is 4.39 Å². The number of hydrogen-bond donors (Lipinski definition) is 1. The summed E-state index contributed by atoms with van der Waals surface area (Å²) in [5, 5.41) is 3.92. The van der Waals surface area contributed by atoms with Gasteiger partial charge in [-0.1, -0.05) is 24.4 Å². The molecule has 1 aromatic carbocycles. The first-order valence-electron chi connectivity index (χ1n) is 7.14. The number of rotatable bonds is 1. The van der Waals surface area contributed by atoms with Crippen molar-refractivity contribution in [2.75, 3.05) is 24.5 Å². The number of nitrogens with zero attached hydrogens (tertiary/aromatic N) is 1. The van der Waals surface area contributed by atoms with Crippen LogP contribution in [-0.4, -0.2) is 25.2 Å². The Morgan fingerprint density at radius 1 is 1.21 bits per heavy atom. The van der Waals surface area contributed by atoms with Crippen molar-refractivity contribution in [1.82, 2.24) is 5.32 Å². The molecule has 1 aliphatic carbocycles. The van der Waals surface area contributed by atoms with Crippen LogP contribution < -0.4 is 10.2 Å². The summed E-state index contributed by atoms with van der Waals surface area (Å²) < 4.78 is 13.6. The van der Waals surface area contributed by atoms with Crippen molar-refractivity contribution in [2.45, 2.75) is 37.6 Å². The van der Waals surface area contributed by atoms with Crippen LogP contribution in [0.1, 0.15) is 32.1 Å². The molecule has 3 rings (SSSR count). The van der Waals surface area contributed by atoms with Gasteiger partial charge in [0.2, 0.25) is 0 Å². The maximum Gasteiger partial charge on any atom is 0.143 e. The van der Waals surface area contributed by atoms with Gasteiger partial charge >= 0.3 is 0 Å². The van der Waals surface area contributed by atoms with Crippen molar-refractivity contribution in [1.29, 1.82) is 0 Å². The topological polar surface area (TPSA) is 15.3 Å². The van der Waals surface area contributed by atoms with E-state index >= 15 is 0 Å². The average molecular weight is 283 g/mol. The lowest BCUT2D eigenvalue weighted by molar-refractivity contribution is 0.354. The summed E-state index contributed by atoms with van der Waals surface area (Å²) in [6, 6.07) is 5.15. The van der Waals surface area contributed by atoms with E-state index in [1.165, 1.54) is 25.7 Å². The minimum absolute atomic E-state index is 0.201. The van der Waals surface area contributed by atoms with E-state index in [2.05, 4.69) is 10.2 Å². The first kappa shape index (κ1) is 13.2. The molecule has 4 heteroatoms. The zero-order valence-electron chi connectivity index (χ0n) is 11.1. The summed E-state index contributed by atoms with van der Waals surface area (Å²) in [5.74, 6) is -0.322. The van der Waals surface area contributed by atoms with E-state index < -0.39 is 0 Å². The molecule has 1 spiro atoms. The van der Waals surface area contributed by atoms with Crippen molar-refractivity contribution >= 4 is 17.3 Å². The molecule has 0 unspecified atom stereocenters. The molecule has 104 valence electrons. The Morgan fingerprint density at radius 2 is 2.00 bits per heavy atom. The average Bonchev–Trinajstić information content (AvgIpc) is 2.74. The number of anilines is 1. The molecule has 1 saturated carbocycles. The first-order chi connectivity index (χ1) is 9.19. The lowest BCUT2D eigenvalue weighted by Crippen LogP contribution is -2.49. The van der Waals surface area contributed by atoms with Crippen LogP contribution >= 0.6 is 11.6 Å². The van der Waals surface area contributed by atoms with Crippen LogP contribution in [-0.2, 0) is 0 Å². The Hall–Kier alpha value is -0.800. The van der Waals surface area contributed by atoms with E-state index in [1.807, 2.05) is 6.07 Å². The normalized spacial score (nSPS) is 22.7. The molecule has 0 bridgehead atoms. The van der Waals surface area contributed by atoms with Gasteiger partial charge in [-0.15, -0.1) is 0 Å². The van der Waals surface area contributed by atoms with Crippen LogP contribution in [0.15, 0.2) is 18.2 Å². The second kappa shape index (κ2) is 5.29. The molecule has 2 nitrogen and oxygen atoms in total. The van der Waals surface area contributed by atoms with Gasteiger partial charge in [-0.25, -0.2) is 4.39 Å². The highest BCUT2D eigenvalue weighted by atomic mass is 35.5. The van der Waals surface area contributed by atoms with Crippen LogP contribution in [0.3, 0.4) is 0 Å². The Labute approximate surface area is 118 Å². The molecule has 0 aromatic heterocycles. The molecule has 1 aliphatic heterocycles. The number of nitrogens with one attached hydrogen (secondary N) is 1. The molecule has 0 radical (unpaired) electrons. The van der Waals surface area contributed by atoms with Crippen molar-refractivity contribution in [3.63, 3.8) is 0 Å². The molecule has 1 aromatic rings. The van der Waals surface area contributed by atoms with Crippen molar-refractivity contribution in [3.05, 3.63) is 29.0 Å². The van der Waals surface area contributed by atoms with E-state index in [-0.39, 0.29) is 16.4 Å². The summed E-state index contributed by atoms with van der Waals surface area (Å²) in [6.07, 6.45) is 6.18. The molecule has 1 N–H and O–H groups in total. The highest BCUT2D eigenvalue weighted by Gasteiger charge is 2.36. The summed E-state index contributed by atoms with van der Waals surface area (Å²) in [6.45, 7) is 3.02. The highest BCUT2D eigenvalue weighted by molar-refractivity contribution is 6.30. The van der Waals surface area contributed by atoms with E-state index in [0.29, 0.717) is 0 Å². The molecule has 1 heterocycles. The third-order valence-electron chi connectivity index (χ3n) is 4.43. The fourth-order valence-electron chi connectivity index (χ4n) is 3.41. The SMILES string of the molecule is Fc1cc(N2CCCNC3(CCCC3)C2)ccc1Cl. The predicted molar refractivity (Wildman–Crippen MR) is 77.4 cm³/mol. The minimum Gasteiger partial charge on any atom is -0.370 e. The Kier molecular flexibility index (Phi) is 3.68. The standard InChI is InChI=1S/C15H20ClFN2/c16-13-5-4-12(10-14(13)17)19-9-3-8-18-15(11-19)6-1-2-7-15/h4-5,10,18H,1-3,6-9,11H2. The summed E-state index contributed by atoms with van der Waals surface area (Å²) in [5.41, 5.74) is 1.20. The largest absolute Gasteiger partial charge is 0.370 e. The predicted octanol–water partition coefficient (Wildman–Crippen LogP) is 3.59. The first-order valence-corrected chi connectivity index (χ1v) is 7.51. The van der Waals surface area contributed by atoms with Crippen LogP contribution in [0.25, 0.3) is 0 Å². The lowest BCUT2D eigenvalue weighted by Gasteiger charge is -2.34. The fraction of sp³-hybridized carbons (Fsp3) is 0.600. The monoisotopic (exact) mass is 282 g/mol. The number of halogens is 2. The van der Waals surface area contributed by atoms with Gasteiger partial charge in [-0.05, 0) is 44.0 Å². The zero-order valence-corrected chi connectivity index (χ0v) is 11.8. The molecule has 1 saturated heterocycles. The fourth-order valence-corrected chi connectivity index (χ4v) is 3.53. The molecule has 2 aliphatic rings. The minimum atomic E-state index is -0.322. The molecular formula is C15H20ClFN2. The Bertz CT molecular complexity index is 457. The number of benzene rings is 1. The van der Waals surface area contributed by atoms with E-state index in [0.717, 1.165) is 31.7 Å². The van der Waals surface area contributed by atoms with Gasteiger partial charge in [-0.2, -0.15) is 0 Å². The van der Waals surface area contributed by atoms with Crippen LogP contribution in [0.4, 0.5) is 10.1 Å². The van der Waals surface area contributed by atoms with Crippen LogP contribution in [0.2, 0.25) is 5.02 Å². The summed E-state index contributed by atoms with van der Waals surface area (Å²) in [4.78, 5) is 2.31. The van der Waals surface area contributed by atoms with Gasteiger partial charge in [0, 0.05) is 24.3 Å². The van der Waals surface area contributed by atoms with Gasteiger partial charge in [0.05, 0.1) is 5.02 Å². The van der Waals surface area contributed by atoms with Gasteiger partial charge in [0.15, 0.2) is 0 Å². The maximum absolute atomic E-state index is 13.6. The molecular weight excluding hydrogens is 263 g/mol. The van der Waals surface area contributed by atoms with Gasteiger partial charge in [0.25, 0.3) is 0 Å². The number of hydrogen-bond acceptors (Lipinski definition) is 2. The lowest BCUT2D eigenvalue weighted by atomic mass is 9.97. The van der Waals surface area contributed by atoms with Gasteiger partial charge in [0.1, 0.15) is 5.82 Å². The zero-order chi connectivity index (χ0) is 13.3.